The molecule has 0 unspecified atom stereocenters. The van der Waals surface area contributed by atoms with E-state index < -0.39 is 5.97 Å². The molecule has 1 N–H and O–H groups in total. The van der Waals surface area contributed by atoms with Gasteiger partial charge >= 0.3 is 5.97 Å². The second-order valence-electron chi connectivity index (χ2n) is 5.33. The topological polar surface area (TPSA) is 55.1 Å². The molecule has 4 nitrogen and oxygen atoms in total. The fraction of sp³-hybridized carbons (Fsp3) is 0.375. The largest absolute Gasteiger partial charge is 0.478 e. The number of carboxylic acids is 1. The Morgan fingerprint density at radius 2 is 1.95 bits per heavy atom. The molecule has 0 aliphatic carbocycles. The summed E-state index contributed by atoms with van der Waals surface area (Å²) in [4.78, 5) is 11.4. The molecule has 0 aliphatic heterocycles. The number of aromatic nitrogens is 2. The summed E-state index contributed by atoms with van der Waals surface area (Å²) in [6.45, 7) is 6.23. The van der Waals surface area contributed by atoms with Crippen LogP contribution in [0.1, 0.15) is 54.7 Å². The lowest BCUT2D eigenvalue weighted by molar-refractivity contribution is 0.0696. The molecule has 0 saturated heterocycles. The van der Waals surface area contributed by atoms with Crippen LogP contribution in [-0.2, 0) is 6.42 Å². The van der Waals surface area contributed by atoms with Crippen molar-refractivity contribution >= 4 is 17.6 Å². The number of aromatic carboxylic acids is 1. The number of benzene rings is 1. The van der Waals surface area contributed by atoms with E-state index in [4.69, 9.17) is 11.6 Å². The Kier molecular flexibility index (Phi) is 4.68. The van der Waals surface area contributed by atoms with Crippen LogP contribution < -0.4 is 0 Å². The highest BCUT2D eigenvalue weighted by Crippen LogP contribution is 2.26. The van der Waals surface area contributed by atoms with E-state index in [1.54, 1.807) is 0 Å². The third-order valence-electron chi connectivity index (χ3n) is 3.41. The van der Waals surface area contributed by atoms with Gasteiger partial charge < -0.3 is 5.11 Å². The molecule has 5 heteroatoms. The van der Waals surface area contributed by atoms with Crippen molar-refractivity contribution in [3.05, 3.63) is 46.2 Å². The molecule has 1 aromatic heterocycles. The van der Waals surface area contributed by atoms with Crippen LogP contribution >= 0.6 is 11.6 Å². The van der Waals surface area contributed by atoms with Gasteiger partial charge in [0.15, 0.2) is 0 Å². The Hall–Kier alpha value is -1.81. The van der Waals surface area contributed by atoms with Crippen molar-refractivity contribution < 1.29 is 9.90 Å². The summed E-state index contributed by atoms with van der Waals surface area (Å²) in [5, 5.41) is 13.8. The third kappa shape index (κ3) is 3.10. The second-order valence-corrected chi connectivity index (χ2v) is 5.68. The Morgan fingerprint density at radius 3 is 2.43 bits per heavy atom. The summed E-state index contributed by atoms with van der Waals surface area (Å²) in [6.07, 6.45) is 1.42. The zero-order valence-corrected chi connectivity index (χ0v) is 13.2. The minimum Gasteiger partial charge on any atom is -0.478 e. The number of aryl methyl sites for hydroxylation is 1. The molecule has 0 saturated carbocycles. The molecule has 1 aromatic carbocycles. The molecule has 112 valence electrons. The number of rotatable bonds is 5. The van der Waals surface area contributed by atoms with E-state index >= 15 is 0 Å². The number of hydrogen-bond acceptors (Lipinski definition) is 2. The average Bonchev–Trinajstić information content (AvgIpc) is 2.76. The smallest absolute Gasteiger partial charge is 0.340 e. The second kappa shape index (κ2) is 6.31. The number of carbonyl (C=O) groups is 1. The van der Waals surface area contributed by atoms with E-state index in [0.717, 1.165) is 12.1 Å². The third-order valence-corrected chi connectivity index (χ3v) is 3.76. The van der Waals surface area contributed by atoms with Crippen LogP contribution in [0.5, 0.6) is 0 Å². The standard InChI is InChI=1S/C16H19ClN2O2/c1-4-5-13-14(16(20)21)15(17)19(18-13)12-8-6-11(7-9-12)10(2)3/h6-10H,4-5H2,1-3H3,(H,20,21). The van der Waals surface area contributed by atoms with Crippen molar-refractivity contribution in [1.82, 2.24) is 9.78 Å². The quantitative estimate of drug-likeness (QED) is 0.896. The van der Waals surface area contributed by atoms with Gasteiger partial charge in [0.05, 0.1) is 11.4 Å². The van der Waals surface area contributed by atoms with Crippen LogP contribution in [0, 0.1) is 0 Å². The van der Waals surface area contributed by atoms with E-state index in [0.29, 0.717) is 18.0 Å². The van der Waals surface area contributed by atoms with E-state index in [2.05, 4.69) is 18.9 Å². The van der Waals surface area contributed by atoms with Crippen molar-refractivity contribution in [2.24, 2.45) is 0 Å². The van der Waals surface area contributed by atoms with Crippen LogP contribution in [0.15, 0.2) is 24.3 Å². The van der Waals surface area contributed by atoms with Gasteiger partial charge in [0.25, 0.3) is 0 Å². The maximum absolute atomic E-state index is 11.4. The van der Waals surface area contributed by atoms with E-state index in [1.807, 2.05) is 31.2 Å². The molecule has 2 rings (SSSR count). The van der Waals surface area contributed by atoms with Crippen molar-refractivity contribution in [1.29, 1.82) is 0 Å². The maximum atomic E-state index is 11.4. The Bertz CT molecular complexity index is 645. The van der Waals surface area contributed by atoms with Crippen molar-refractivity contribution in [3.63, 3.8) is 0 Å². The molecule has 0 bridgehead atoms. The maximum Gasteiger partial charge on any atom is 0.340 e. The first-order valence-electron chi connectivity index (χ1n) is 7.06. The van der Waals surface area contributed by atoms with Crippen LogP contribution in [-0.4, -0.2) is 20.9 Å². The van der Waals surface area contributed by atoms with Crippen LogP contribution in [0.25, 0.3) is 5.69 Å². The molecule has 0 spiro atoms. The van der Waals surface area contributed by atoms with Gasteiger partial charge in [-0.1, -0.05) is 50.9 Å². The minimum atomic E-state index is -1.03. The molecular weight excluding hydrogens is 288 g/mol. The van der Waals surface area contributed by atoms with Gasteiger partial charge in [-0.25, -0.2) is 9.48 Å². The van der Waals surface area contributed by atoms with Gasteiger partial charge in [0.2, 0.25) is 0 Å². The van der Waals surface area contributed by atoms with Crippen molar-refractivity contribution in [2.45, 2.75) is 39.5 Å². The normalized spacial score (nSPS) is 11.1. The lowest BCUT2D eigenvalue weighted by Crippen LogP contribution is -2.00. The zero-order chi connectivity index (χ0) is 15.6. The molecular formula is C16H19ClN2O2. The monoisotopic (exact) mass is 306 g/mol. The molecule has 0 aliphatic rings. The summed E-state index contributed by atoms with van der Waals surface area (Å²) in [5.74, 6) is -0.592. The predicted octanol–water partition coefficient (Wildman–Crippen LogP) is 4.30. The molecule has 0 fully saturated rings. The molecule has 0 atom stereocenters. The highest BCUT2D eigenvalue weighted by molar-refractivity contribution is 6.32. The van der Waals surface area contributed by atoms with Crippen molar-refractivity contribution in [2.75, 3.05) is 0 Å². The van der Waals surface area contributed by atoms with Crippen LogP contribution in [0.3, 0.4) is 0 Å². The van der Waals surface area contributed by atoms with E-state index in [9.17, 15) is 9.90 Å². The highest BCUT2D eigenvalue weighted by Gasteiger charge is 2.22. The van der Waals surface area contributed by atoms with E-state index in [-0.39, 0.29) is 10.7 Å². The predicted molar refractivity (Wildman–Crippen MR) is 83.6 cm³/mol. The summed E-state index contributed by atoms with van der Waals surface area (Å²) in [7, 11) is 0. The minimum absolute atomic E-state index is 0.103. The van der Waals surface area contributed by atoms with E-state index in [1.165, 1.54) is 10.2 Å². The fourth-order valence-electron chi connectivity index (χ4n) is 2.23. The number of nitrogens with zero attached hydrogens (tertiary/aromatic N) is 2. The first-order valence-corrected chi connectivity index (χ1v) is 7.44. The molecule has 1 heterocycles. The number of carboxylic acid groups (broad SMARTS) is 1. The lowest BCUT2D eigenvalue weighted by Gasteiger charge is -2.07. The SMILES string of the molecule is CCCc1nn(-c2ccc(C(C)C)cc2)c(Cl)c1C(=O)O. The summed E-state index contributed by atoms with van der Waals surface area (Å²) in [6, 6.07) is 7.85. The fourth-order valence-corrected chi connectivity index (χ4v) is 2.56. The zero-order valence-electron chi connectivity index (χ0n) is 12.4. The van der Waals surface area contributed by atoms with Crippen LogP contribution in [0.4, 0.5) is 0 Å². The number of hydrogen-bond donors (Lipinski definition) is 1. The Balaban J connectivity index is 2.48. The van der Waals surface area contributed by atoms with Crippen molar-refractivity contribution in [3.8, 4) is 5.69 Å². The molecule has 21 heavy (non-hydrogen) atoms. The van der Waals surface area contributed by atoms with Gasteiger partial charge in [0.1, 0.15) is 10.7 Å². The van der Waals surface area contributed by atoms with Gasteiger partial charge in [-0.2, -0.15) is 5.10 Å². The van der Waals surface area contributed by atoms with Gasteiger partial charge in [0, 0.05) is 0 Å². The summed E-state index contributed by atoms with van der Waals surface area (Å²) >= 11 is 6.22. The lowest BCUT2D eigenvalue weighted by atomic mass is 10.0. The van der Waals surface area contributed by atoms with Gasteiger partial charge in [-0.3, -0.25) is 0 Å². The van der Waals surface area contributed by atoms with Crippen LogP contribution in [0.2, 0.25) is 5.15 Å². The van der Waals surface area contributed by atoms with Gasteiger partial charge in [-0.15, -0.1) is 0 Å². The summed E-state index contributed by atoms with van der Waals surface area (Å²) in [5.41, 5.74) is 2.62. The molecule has 0 amide bonds. The number of halogens is 1. The first-order chi connectivity index (χ1) is 9.95. The molecule has 0 radical (unpaired) electrons. The average molecular weight is 307 g/mol. The first kappa shape index (κ1) is 15.6. The molecule has 2 aromatic rings. The Labute approximate surface area is 129 Å². The summed E-state index contributed by atoms with van der Waals surface area (Å²) < 4.78 is 1.50. The highest BCUT2D eigenvalue weighted by atomic mass is 35.5. The Morgan fingerprint density at radius 1 is 1.33 bits per heavy atom. The van der Waals surface area contributed by atoms with Gasteiger partial charge in [-0.05, 0) is 30.0 Å².